The minimum absolute atomic E-state index is 0.138. The Morgan fingerprint density at radius 1 is 1.19 bits per heavy atom. The molecule has 1 amide bonds. The second-order valence-electron chi connectivity index (χ2n) is 5.10. The van der Waals surface area contributed by atoms with Crippen LogP contribution in [0.1, 0.15) is 18.4 Å². The van der Waals surface area contributed by atoms with Crippen molar-refractivity contribution in [1.82, 2.24) is 4.98 Å². The normalized spacial score (nSPS) is 15.5. The summed E-state index contributed by atoms with van der Waals surface area (Å²) < 4.78 is 0.996. The molecule has 1 saturated carbocycles. The fourth-order valence-electron chi connectivity index (χ4n) is 2.28. The number of nitrogens with one attached hydrogen (secondary N) is 1. The molecule has 1 aromatic carbocycles. The molecule has 2 aromatic rings. The average Bonchev–Trinajstić information content (AvgIpc) is 3.26. The van der Waals surface area contributed by atoms with E-state index >= 15 is 0 Å². The highest BCUT2D eigenvalue weighted by Gasteiger charge is 2.51. The van der Waals surface area contributed by atoms with Gasteiger partial charge in [0.15, 0.2) is 11.5 Å². The van der Waals surface area contributed by atoms with E-state index in [4.69, 9.17) is 0 Å². The number of nitrogens with zero attached hydrogens (tertiary/aromatic N) is 1. The van der Waals surface area contributed by atoms with E-state index in [1.807, 2.05) is 6.07 Å². The molecule has 0 saturated heterocycles. The quantitative estimate of drug-likeness (QED) is 0.551. The maximum atomic E-state index is 12.5. The van der Waals surface area contributed by atoms with Gasteiger partial charge in [0, 0.05) is 9.77 Å². The first kappa shape index (κ1) is 14.1. The summed E-state index contributed by atoms with van der Waals surface area (Å²) in [6.07, 6.45) is 3.11. The third-order valence-corrected chi connectivity index (χ3v) is 4.32. The van der Waals surface area contributed by atoms with E-state index in [9.17, 15) is 15.0 Å². The lowest BCUT2D eigenvalue weighted by molar-refractivity contribution is -0.118. The van der Waals surface area contributed by atoms with Gasteiger partial charge in [-0.25, -0.2) is 4.98 Å². The average molecular weight is 396 g/mol. The van der Waals surface area contributed by atoms with Crippen LogP contribution in [0.3, 0.4) is 0 Å². The summed E-state index contributed by atoms with van der Waals surface area (Å²) >= 11 is 2.15. The fraction of sp³-hybridized carbons (Fsp3) is 0.200. The zero-order valence-corrected chi connectivity index (χ0v) is 13.2. The second kappa shape index (κ2) is 5.18. The topological polar surface area (TPSA) is 82.5 Å². The van der Waals surface area contributed by atoms with Gasteiger partial charge in [-0.2, -0.15) is 0 Å². The van der Waals surface area contributed by atoms with Crippen LogP contribution in [0.2, 0.25) is 0 Å². The molecule has 1 aromatic heterocycles. The van der Waals surface area contributed by atoms with E-state index in [-0.39, 0.29) is 17.4 Å². The van der Waals surface area contributed by atoms with Crippen LogP contribution in [0, 0.1) is 3.57 Å². The first-order chi connectivity index (χ1) is 10.0. The second-order valence-corrected chi connectivity index (χ2v) is 6.35. The number of amides is 1. The SMILES string of the molecule is O=C(Nc1ccc(I)cn1)C1(c2ccc(O)c(O)c2)CC1. The number of phenols is 2. The Labute approximate surface area is 135 Å². The molecule has 0 bridgehead atoms. The number of halogens is 1. The van der Waals surface area contributed by atoms with Gasteiger partial charge in [-0.1, -0.05) is 6.07 Å². The van der Waals surface area contributed by atoms with E-state index in [1.54, 1.807) is 18.3 Å². The van der Waals surface area contributed by atoms with Crippen molar-refractivity contribution in [2.45, 2.75) is 18.3 Å². The number of anilines is 1. The standard InChI is InChI=1S/C15H13IN2O3/c16-10-2-4-13(17-8-10)18-14(21)15(5-6-15)9-1-3-11(19)12(20)7-9/h1-4,7-8,19-20H,5-6H2,(H,17,18,21). The van der Waals surface area contributed by atoms with E-state index in [0.717, 1.165) is 3.57 Å². The van der Waals surface area contributed by atoms with Crippen molar-refractivity contribution >= 4 is 34.3 Å². The number of aromatic nitrogens is 1. The molecule has 0 aliphatic heterocycles. The molecule has 1 heterocycles. The van der Waals surface area contributed by atoms with Crippen LogP contribution in [0.5, 0.6) is 11.5 Å². The zero-order chi connectivity index (χ0) is 15.0. The summed E-state index contributed by atoms with van der Waals surface area (Å²) in [5.74, 6) is -0.0239. The number of hydrogen-bond acceptors (Lipinski definition) is 4. The predicted molar refractivity (Wildman–Crippen MR) is 86.3 cm³/mol. The van der Waals surface area contributed by atoms with Gasteiger partial charge in [-0.05, 0) is 65.3 Å². The van der Waals surface area contributed by atoms with Crippen LogP contribution in [0.25, 0.3) is 0 Å². The maximum absolute atomic E-state index is 12.5. The maximum Gasteiger partial charge on any atom is 0.236 e. The van der Waals surface area contributed by atoms with Crippen molar-refractivity contribution in [2.24, 2.45) is 0 Å². The molecule has 108 valence electrons. The van der Waals surface area contributed by atoms with Crippen molar-refractivity contribution in [3.05, 3.63) is 45.7 Å². The number of aromatic hydroxyl groups is 2. The molecular weight excluding hydrogens is 383 g/mol. The van der Waals surface area contributed by atoms with E-state index < -0.39 is 5.41 Å². The van der Waals surface area contributed by atoms with Gasteiger partial charge in [-0.15, -0.1) is 0 Å². The summed E-state index contributed by atoms with van der Waals surface area (Å²) in [7, 11) is 0. The molecular formula is C15H13IN2O3. The van der Waals surface area contributed by atoms with Crippen LogP contribution in [0.4, 0.5) is 5.82 Å². The number of pyridine rings is 1. The molecule has 6 heteroatoms. The Hall–Kier alpha value is -1.83. The summed E-state index contributed by atoms with van der Waals surface area (Å²) in [6.45, 7) is 0. The van der Waals surface area contributed by atoms with Gasteiger partial charge >= 0.3 is 0 Å². The minimum Gasteiger partial charge on any atom is -0.504 e. The first-order valence-electron chi connectivity index (χ1n) is 6.47. The van der Waals surface area contributed by atoms with Crippen LogP contribution < -0.4 is 5.32 Å². The molecule has 1 aliphatic rings. The summed E-state index contributed by atoms with van der Waals surface area (Å²) in [5, 5.41) is 21.8. The molecule has 21 heavy (non-hydrogen) atoms. The lowest BCUT2D eigenvalue weighted by Gasteiger charge is -2.16. The Kier molecular flexibility index (Phi) is 3.48. The smallest absolute Gasteiger partial charge is 0.236 e. The number of benzene rings is 1. The predicted octanol–water partition coefficient (Wildman–Crippen LogP) is 2.77. The monoisotopic (exact) mass is 396 g/mol. The van der Waals surface area contributed by atoms with Gasteiger partial charge in [0.2, 0.25) is 5.91 Å². The van der Waals surface area contributed by atoms with Crippen molar-refractivity contribution in [2.75, 3.05) is 5.32 Å². The van der Waals surface area contributed by atoms with Gasteiger partial charge in [0.1, 0.15) is 5.82 Å². The van der Waals surface area contributed by atoms with Crippen molar-refractivity contribution < 1.29 is 15.0 Å². The first-order valence-corrected chi connectivity index (χ1v) is 7.55. The number of hydrogen-bond donors (Lipinski definition) is 3. The van der Waals surface area contributed by atoms with Gasteiger partial charge < -0.3 is 15.5 Å². The minimum atomic E-state index is -0.629. The number of carbonyl (C=O) groups is 1. The van der Waals surface area contributed by atoms with Crippen LogP contribution in [-0.2, 0) is 10.2 Å². The molecule has 3 N–H and O–H groups in total. The number of rotatable bonds is 3. The largest absolute Gasteiger partial charge is 0.504 e. The summed E-state index contributed by atoms with van der Waals surface area (Å²) in [4.78, 5) is 16.6. The summed E-state index contributed by atoms with van der Waals surface area (Å²) in [5.41, 5.74) is 0.0800. The van der Waals surface area contributed by atoms with E-state index in [0.29, 0.717) is 24.2 Å². The number of phenolic OH excluding ortho intramolecular Hbond substituents is 2. The van der Waals surface area contributed by atoms with Crippen molar-refractivity contribution in [1.29, 1.82) is 0 Å². The third kappa shape index (κ3) is 2.67. The Balaban J connectivity index is 1.83. The van der Waals surface area contributed by atoms with Gasteiger partial charge in [-0.3, -0.25) is 4.79 Å². The molecule has 3 rings (SSSR count). The summed E-state index contributed by atoms with van der Waals surface area (Å²) in [6, 6.07) is 8.15. The van der Waals surface area contributed by atoms with E-state index in [1.165, 1.54) is 12.1 Å². The molecule has 1 fully saturated rings. The highest BCUT2D eigenvalue weighted by Crippen LogP contribution is 2.50. The molecule has 0 unspecified atom stereocenters. The highest BCUT2D eigenvalue weighted by molar-refractivity contribution is 14.1. The fourth-order valence-corrected chi connectivity index (χ4v) is 2.60. The molecule has 5 nitrogen and oxygen atoms in total. The Morgan fingerprint density at radius 3 is 2.52 bits per heavy atom. The molecule has 0 spiro atoms. The Morgan fingerprint density at radius 2 is 1.95 bits per heavy atom. The van der Waals surface area contributed by atoms with Crippen molar-refractivity contribution in [3.8, 4) is 11.5 Å². The van der Waals surface area contributed by atoms with Crippen LogP contribution in [0.15, 0.2) is 36.5 Å². The highest BCUT2D eigenvalue weighted by atomic mass is 127. The van der Waals surface area contributed by atoms with Gasteiger partial charge in [0.25, 0.3) is 0 Å². The Bertz CT molecular complexity index is 697. The van der Waals surface area contributed by atoms with Crippen molar-refractivity contribution in [3.63, 3.8) is 0 Å². The lowest BCUT2D eigenvalue weighted by Crippen LogP contribution is -2.28. The molecule has 0 radical (unpaired) electrons. The van der Waals surface area contributed by atoms with Gasteiger partial charge in [0.05, 0.1) is 5.41 Å². The van der Waals surface area contributed by atoms with E-state index in [2.05, 4.69) is 32.9 Å². The molecule has 1 aliphatic carbocycles. The molecule has 0 atom stereocenters. The van der Waals surface area contributed by atoms with Crippen LogP contribution in [-0.4, -0.2) is 21.1 Å². The lowest BCUT2D eigenvalue weighted by atomic mass is 9.94. The zero-order valence-electron chi connectivity index (χ0n) is 11.0. The van der Waals surface area contributed by atoms with Crippen LogP contribution >= 0.6 is 22.6 Å². The number of carbonyl (C=O) groups excluding carboxylic acids is 1. The third-order valence-electron chi connectivity index (χ3n) is 3.68.